The van der Waals surface area contributed by atoms with Crippen molar-refractivity contribution in [3.63, 3.8) is 0 Å². The van der Waals surface area contributed by atoms with Crippen LogP contribution in [0.5, 0.6) is 0 Å². The lowest BCUT2D eigenvalue weighted by Gasteiger charge is -2.10. The molecule has 32 heavy (non-hydrogen) atoms. The third-order valence-corrected chi connectivity index (χ3v) is 5.40. The van der Waals surface area contributed by atoms with Crippen LogP contribution >= 0.6 is 11.6 Å². The summed E-state index contributed by atoms with van der Waals surface area (Å²) < 4.78 is 15.6. The number of H-pyrrole nitrogens is 1. The van der Waals surface area contributed by atoms with E-state index in [0.29, 0.717) is 34.3 Å². The Labute approximate surface area is 189 Å². The number of nitrogens with zero attached hydrogens (tertiary/aromatic N) is 2. The molecule has 0 atom stereocenters. The molecule has 2 aromatic carbocycles. The second kappa shape index (κ2) is 9.01. The molecule has 6 nitrogen and oxygen atoms in total. The van der Waals surface area contributed by atoms with Gasteiger partial charge in [-0.25, -0.2) is 9.18 Å². The van der Waals surface area contributed by atoms with Gasteiger partial charge in [0.15, 0.2) is 5.82 Å². The first-order valence-electron chi connectivity index (χ1n) is 10.4. The minimum absolute atomic E-state index is 0.0759. The molecule has 4 rings (SSSR count). The zero-order valence-corrected chi connectivity index (χ0v) is 18.5. The first-order chi connectivity index (χ1) is 15.3. The molecule has 1 aromatic heterocycles. The van der Waals surface area contributed by atoms with Crippen LogP contribution in [-0.4, -0.2) is 20.7 Å². The van der Waals surface area contributed by atoms with Gasteiger partial charge in [-0.2, -0.15) is 4.68 Å². The molecule has 3 aromatic rings. The van der Waals surface area contributed by atoms with Crippen molar-refractivity contribution < 1.29 is 9.18 Å². The Kier molecular flexibility index (Phi) is 6.15. The van der Waals surface area contributed by atoms with Gasteiger partial charge < -0.3 is 5.32 Å². The smallest absolute Gasteiger partial charge is 0.348 e. The highest BCUT2D eigenvalue weighted by molar-refractivity contribution is 6.32. The molecule has 164 valence electrons. The lowest BCUT2D eigenvalue weighted by atomic mass is 10.1. The van der Waals surface area contributed by atoms with E-state index >= 15 is 0 Å². The predicted molar refractivity (Wildman–Crippen MR) is 121 cm³/mol. The van der Waals surface area contributed by atoms with Crippen molar-refractivity contribution in [2.24, 2.45) is 11.8 Å². The van der Waals surface area contributed by atoms with Crippen LogP contribution in [0.4, 0.5) is 4.39 Å². The van der Waals surface area contributed by atoms with Crippen LogP contribution in [0.25, 0.3) is 17.1 Å². The standard InChI is InChI=1S/C24H22ClFN4O2/c1-14(2)23(31)27-13-16-6-10-19(25)21(11-16)30-24(32)28-22(29-30)18-9-8-17(20(26)12-18)7-5-15-3-4-15/h6,8-12,14-15H,3-4,13H2,1-2H3,(H,27,31)(H,28,29,32). The Morgan fingerprint density at radius 3 is 2.78 bits per heavy atom. The SMILES string of the molecule is CC(C)C(=O)NCc1ccc(Cl)c(-n2nc(-c3ccc(C#CC4CC4)c(F)c3)[nH]c2=O)c1. The highest BCUT2D eigenvalue weighted by atomic mass is 35.5. The zero-order valence-electron chi connectivity index (χ0n) is 17.7. The highest BCUT2D eigenvalue weighted by Crippen LogP contribution is 2.28. The van der Waals surface area contributed by atoms with Crippen molar-refractivity contribution in [1.82, 2.24) is 20.1 Å². The number of halogens is 2. The number of carbonyl (C=O) groups excluding carboxylic acids is 1. The Morgan fingerprint density at radius 2 is 2.09 bits per heavy atom. The van der Waals surface area contributed by atoms with Gasteiger partial charge in [-0.05, 0) is 48.7 Å². The summed E-state index contributed by atoms with van der Waals surface area (Å²) in [5.74, 6) is 5.81. The molecular formula is C24H22ClFN4O2. The summed E-state index contributed by atoms with van der Waals surface area (Å²) in [6.45, 7) is 3.91. The Morgan fingerprint density at radius 1 is 1.31 bits per heavy atom. The van der Waals surface area contributed by atoms with Gasteiger partial charge in [-0.3, -0.25) is 9.78 Å². The van der Waals surface area contributed by atoms with E-state index in [9.17, 15) is 14.0 Å². The number of amides is 1. The van der Waals surface area contributed by atoms with E-state index in [-0.39, 0.29) is 17.6 Å². The van der Waals surface area contributed by atoms with Crippen LogP contribution in [0.3, 0.4) is 0 Å². The summed E-state index contributed by atoms with van der Waals surface area (Å²) in [6.07, 6.45) is 2.14. The predicted octanol–water partition coefficient (Wildman–Crippen LogP) is 4.05. The van der Waals surface area contributed by atoms with Gasteiger partial charge >= 0.3 is 5.69 Å². The molecule has 1 amide bonds. The van der Waals surface area contributed by atoms with E-state index < -0.39 is 11.5 Å². The fourth-order valence-corrected chi connectivity index (χ4v) is 3.21. The Hall–Kier alpha value is -3.37. The molecule has 1 aliphatic carbocycles. The van der Waals surface area contributed by atoms with Crippen LogP contribution in [0.15, 0.2) is 41.2 Å². The van der Waals surface area contributed by atoms with Crippen molar-refractivity contribution in [2.45, 2.75) is 33.2 Å². The number of aromatic amines is 1. The fourth-order valence-electron chi connectivity index (χ4n) is 3.01. The molecule has 1 fully saturated rings. The van der Waals surface area contributed by atoms with Gasteiger partial charge in [0.05, 0.1) is 16.3 Å². The van der Waals surface area contributed by atoms with E-state index in [2.05, 4.69) is 27.2 Å². The number of carbonyl (C=O) groups is 1. The van der Waals surface area contributed by atoms with Crippen molar-refractivity contribution >= 4 is 17.5 Å². The normalized spacial score (nSPS) is 13.0. The number of nitrogens with one attached hydrogen (secondary N) is 2. The molecule has 0 saturated heterocycles. The maximum absolute atomic E-state index is 14.5. The Bertz CT molecular complexity index is 1300. The number of benzene rings is 2. The first kappa shape index (κ1) is 21.8. The van der Waals surface area contributed by atoms with Gasteiger partial charge in [0, 0.05) is 23.9 Å². The highest BCUT2D eigenvalue weighted by Gasteiger charge is 2.18. The summed E-state index contributed by atoms with van der Waals surface area (Å²) in [5, 5.41) is 7.45. The van der Waals surface area contributed by atoms with Crippen molar-refractivity contribution in [3.8, 4) is 28.9 Å². The third kappa shape index (κ3) is 4.92. The molecule has 1 aliphatic rings. The first-order valence-corrected chi connectivity index (χ1v) is 10.8. The van der Waals surface area contributed by atoms with Crippen molar-refractivity contribution in [2.75, 3.05) is 0 Å². The summed E-state index contributed by atoms with van der Waals surface area (Å²) >= 11 is 6.31. The van der Waals surface area contributed by atoms with Crippen LogP contribution < -0.4 is 11.0 Å². The summed E-state index contributed by atoms with van der Waals surface area (Å²) in [5.41, 5.74) is 1.36. The van der Waals surface area contributed by atoms with E-state index in [0.717, 1.165) is 23.1 Å². The summed E-state index contributed by atoms with van der Waals surface area (Å²) in [6, 6.07) is 9.65. The maximum atomic E-state index is 14.5. The van der Waals surface area contributed by atoms with Crippen molar-refractivity contribution in [1.29, 1.82) is 0 Å². The quantitative estimate of drug-likeness (QED) is 0.573. The van der Waals surface area contributed by atoms with Gasteiger partial charge in [0.25, 0.3) is 0 Å². The molecule has 1 heterocycles. The number of hydrogen-bond donors (Lipinski definition) is 2. The van der Waals surface area contributed by atoms with Gasteiger partial charge in [-0.15, -0.1) is 5.10 Å². The number of rotatable bonds is 5. The summed E-state index contributed by atoms with van der Waals surface area (Å²) in [7, 11) is 0. The van der Waals surface area contributed by atoms with Crippen LogP contribution in [0.1, 0.15) is 37.8 Å². The molecule has 2 N–H and O–H groups in total. The fraction of sp³-hybridized carbons (Fsp3) is 0.292. The molecule has 0 unspecified atom stereocenters. The van der Waals surface area contributed by atoms with Gasteiger partial charge in [0.1, 0.15) is 5.82 Å². The third-order valence-electron chi connectivity index (χ3n) is 5.08. The van der Waals surface area contributed by atoms with Gasteiger partial charge in [0.2, 0.25) is 5.91 Å². The van der Waals surface area contributed by atoms with E-state index in [4.69, 9.17) is 11.6 Å². The maximum Gasteiger partial charge on any atom is 0.348 e. The van der Waals surface area contributed by atoms with Crippen LogP contribution in [-0.2, 0) is 11.3 Å². The van der Waals surface area contributed by atoms with Gasteiger partial charge in [-0.1, -0.05) is 43.4 Å². The van der Waals surface area contributed by atoms with Crippen LogP contribution in [0.2, 0.25) is 5.02 Å². The van der Waals surface area contributed by atoms with E-state index in [1.807, 2.05) is 13.8 Å². The molecular weight excluding hydrogens is 431 g/mol. The number of aromatic nitrogens is 3. The average Bonchev–Trinajstić information content (AvgIpc) is 3.52. The van der Waals surface area contributed by atoms with Crippen molar-refractivity contribution in [3.05, 3.63) is 68.8 Å². The average molecular weight is 453 g/mol. The molecule has 0 aliphatic heterocycles. The minimum Gasteiger partial charge on any atom is -0.352 e. The molecule has 8 heteroatoms. The topological polar surface area (TPSA) is 79.8 Å². The second-order valence-corrected chi connectivity index (χ2v) is 8.49. The largest absolute Gasteiger partial charge is 0.352 e. The van der Waals surface area contributed by atoms with E-state index in [1.165, 1.54) is 6.07 Å². The minimum atomic E-state index is -0.511. The number of hydrogen-bond acceptors (Lipinski definition) is 3. The lowest BCUT2D eigenvalue weighted by Crippen LogP contribution is -2.27. The molecule has 0 radical (unpaired) electrons. The Balaban J connectivity index is 1.60. The van der Waals surface area contributed by atoms with Crippen LogP contribution in [0, 0.1) is 29.5 Å². The molecule has 1 saturated carbocycles. The van der Waals surface area contributed by atoms with E-state index in [1.54, 1.807) is 30.3 Å². The molecule has 0 spiro atoms. The second-order valence-electron chi connectivity index (χ2n) is 8.09. The lowest BCUT2D eigenvalue weighted by molar-refractivity contribution is -0.124. The summed E-state index contributed by atoms with van der Waals surface area (Å²) in [4.78, 5) is 27.0. The zero-order chi connectivity index (χ0) is 22.8. The monoisotopic (exact) mass is 452 g/mol. The molecule has 0 bridgehead atoms.